The van der Waals surface area contributed by atoms with Gasteiger partial charge in [-0.25, -0.2) is 4.68 Å². The van der Waals surface area contributed by atoms with Gasteiger partial charge in [-0.2, -0.15) is 5.10 Å². The monoisotopic (exact) mass is 288 g/mol. The van der Waals surface area contributed by atoms with E-state index in [1.165, 1.54) is 4.90 Å². The van der Waals surface area contributed by atoms with Gasteiger partial charge in [0.25, 0.3) is 0 Å². The van der Waals surface area contributed by atoms with Crippen LogP contribution in [0.2, 0.25) is 0 Å². The van der Waals surface area contributed by atoms with Crippen molar-refractivity contribution < 1.29 is 9.90 Å². The van der Waals surface area contributed by atoms with E-state index in [0.717, 1.165) is 23.4 Å². The van der Waals surface area contributed by atoms with Crippen LogP contribution < -0.4 is 0 Å². The molecule has 0 saturated carbocycles. The molecule has 0 bridgehead atoms. The Morgan fingerprint density at radius 1 is 1.50 bits per heavy atom. The first-order chi connectivity index (χ1) is 9.67. The Hall–Kier alpha value is -1.75. The zero-order chi connectivity index (χ0) is 14.1. The van der Waals surface area contributed by atoms with E-state index >= 15 is 0 Å². The number of hydrogen-bond donors (Lipinski definition) is 1. The van der Waals surface area contributed by atoms with Crippen LogP contribution in [0.1, 0.15) is 17.7 Å². The summed E-state index contributed by atoms with van der Waals surface area (Å²) < 4.78 is 1.87. The predicted molar refractivity (Wildman–Crippen MR) is 78.5 cm³/mol. The Bertz CT molecular complexity index is 651. The van der Waals surface area contributed by atoms with Crippen molar-refractivity contribution in [2.45, 2.75) is 24.2 Å². The smallest absolute Gasteiger partial charge is 0.306 e. The number of carbonyl (C=O) groups is 1. The SMILES string of the molecule is CSc1cccc(-n2cc3c(n2)CCC(C(=O)O)C3)c1. The van der Waals surface area contributed by atoms with Gasteiger partial charge in [0.1, 0.15) is 0 Å². The van der Waals surface area contributed by atoms with Crippen molar-refractivity contribution in [2.75, 3.05) is 6.26 Å². The molecule has 3 rings (SSSR count). The Balaban J connectivity index is 1.92. The molecule has 1 heterocycles. The quantitative estimate of drug-likeness (QED) is 0.882. The molecular weight excluding hydrogens is 272 g/mol. The van der Waals surface area contributed by atoms with Gasteiger partial charge >= 0.3 is 5.97 Å². The average molecular weight is 288 g/mol. The van der Waals surface area contributed by atoms with E-state index in [1.807, 2.05) is 29.3 Å². The molecule has 1 N–H and O–H groups in total. The minimum atomic E-state index is -0.701. The van der Waals surface area contributed by atoms with Crippen molar-refractivity contribution in [1.29, 1.82) is 0 Å². The van der Waals surface area contributed by atoms with Gasteiger partial charge in [-0.15, -0.1) is 11.8 Å². The highest BCUT2D eigenvalue weighted by Gasteiger charge is 2.26. The molecular formula is C15H16N2O2S. The van der Waals surface area contributed by atoms with Crippen LogP contribution in [-0.4, -0.2) is 27.1 Å². The van der Waals surface area contributed by atoms with Crippen molar-refractivity contribution in [2.24, 2.45) is 5.92 Å². The van der Waals surface area contributed by atoms with Crippen LogP contribution in [0.5, 0.6) is 0 Å². The lowest BCUT2D eigenvalue weighted by Crippen LogP contribution is -2.21. The predicted octanol–water partition coefficient (Wildman–Crippen LogP) is 2.78. The van der Waals surface area contributed by atoms with Crippen LogP contribution >= 0.6 is 11.8 Å². The molecule has 0 fully saturated rings. The summed E-state index contributed by atoms with van der Waals surface area (Å²) in [5, 5.41) is 13.7. The zero-order valence-corrected chi connectivity index (χ0v) is 12.1. The topological polar surface area (TPSA) is 55.1 Å². The van der Waals surface area contributed by atoms with Crippen molar-refractivity contribution in [3.63, 3.8) is 0 Å². The van der Waals surface area contributed by atoms with Gasteiger partial charge in [0, 0.05) is 11.1 Å². The number of aryl methyl sites for hydroxylation is 1. The third-order valence-corrected chi connectivity index (χ3v) is 4.47. The van der Waals surface area contributed by atoms with Crippen LogP contribution in [0.3, 0.4) is 0 Å². The number of benzene rings is 1. The molecule has 1 aromatic heterocycles. The minimum Gasteiger partial charge on any atom is -0.481 e. The molecule has 0 radical (unpaired) electrons. The van der Waals surface area contributed by atoms with E-state index < -0.39 is 5.97 Å². The summed E-state index contributed by atoms with van der Waals surface area (Å²) >= 11 is 1.70. The van der Waals surface area contributed by atoms with E-state index in [0.29, 0.717) is 12.8 Å². The summed E-state index contributed by atoms with van der Waals surface area (Å²) in [4.78, 5) is 12.3. The molecule has 1 aliphatic carbocycles. The second-order valence-electron chi connectivity index (χ2n) is 5.03. The molecule has 0 aliphatic heterocycles. The molecule has 20 heavy (non-hydrogen) atoms. The fourth-order valence-electron chi connectivity index (χ4n) is 2.60. The Morgan fingerprint density at radius 2 is 2.35 bits per heavy atom. The Morgan fingerprint density at radius 3 is 3.10 bits per heavy atom. The number of carboxylic acid groups (broad SMARTS) is 1. The van der Waals surface area contributed by atoms with E-state index in [1.54, 1.807) is 11.8 Å². The van der Waals surface area contributed by atoms with Crippen LogP contribution in [0.15, 0.2) is 35.4 Å². The number of hydrogen-bond acceptors (Lipinski definition) is 3. The molecule has 1 aliphatic rings. The standard InChI is InChI=1S/C15H16N2O2S/c1-20-13-4-2-3-12(8-13)17-9-11-7-10(15(18)19)5-6-14(11)16-17/h2-4,8-10H,5-7H2,1H3,(H,18,19). The molecule has 1 unspecified atom stereocenters. The van der Waals surface area contributed by atoms with Gasteiger partial charge < -0.3 is 5.11 Å². The van der Waals surface area contributed by atoms with E-state index in [4.69, 9.17) is 5.11 Å². The number of thioether (sulfide) groups is 1. The van der Waals surface area contributed by atoms with Crippen LogP contribution in [0, 0.1) is 5.92 Å². The van der Waals surface area contributed by atoms with Gasteiger partial charge in [0.05, 0.1) is 17.3 Å². The van der Waals surface area contributed by atoms with Gasteiger partial charge in [0.15, 0.2) is 0 Å². The van der Waals surface area contributed by atoms with Gasteiger partial charge in [0.2, 0.25) is 0 Å². The second-order valence-corrected chi connectivity index (χ2v) is 5.90. The molecule has 0 spiro atoms. The summed E-state index contributed by atoms with van der Waals surface area (Å²) in [5.41, 5.74) is 3.13. The fraction of sp³-hybridized carbons (Fsp3) is 0.333. The van der Waals surface area contributed by atoms with E-state index in [-0.39, 0.29) is 5.92 Å². The van der Waals surface area contributed by atoms with E-state index in [2.05, 4.69) is 17.2 Å². The number of aromatic nitrogens is 2. The summed E-state index contributed by atoms with van der Waals surface area (Å²) in [6.07, 6.45) is 6.05. The number of rotatable bonds is 3. The highest BCUT2D eigenvalue weighted by Crippen LogP contribution is 2.26. The van der Waals surface area contributed by atoms with Gasteiger partial charge in [-0.1, -0.05) is 6.07 Å². The lowest BCUT2D eigenvalue weighted by atomic mass is 9.88. The third-order valence-electron chi connectivity index (χ3n) is 3.74. The molecule has 4 nitrogen and oxygen atoms in total. The summed E-state index contributed by atoms with van der Waals surface area (Å²) in [7, 11) is 0. The molecule has 1 atom stereocenters. The van der Waals surface area contributed by atoms with Crippen LogP contribution in [0.25, 0.3) is 5.69 Å². The third kappa shape index (κ3) is 2.45. The van der Waals surface area contributed by atoms with Crippen molar-refractivity contribution in [3.05, 3.63) is 41.7 Å². The first-order valence-corrected chi connectivity index (χ1v) is 7.84. The summed E-state index contributed by atoms with van der Waals surface area (Å²) in [6, 6.07) is 8.20. The number of carboxylic acids is 1. The number of aliphatic carboxylic acids is 1. The first kappa shape index (κ1) is 13.2. The highest BCUT2D eigenvalue weighted by atomic mass is 32.2. The maximum atomic E-state index is 11.1. The lowest BCUT2D eigenvalue weighted by molar-refractivity contribution is -0.142. The van der Waals surface area contributed by atoms with Crippen LogP contribution in [-0.2, 0) is 17.6 Å². The second kappa shape index (κ2) is 5.32. The number of fused-ring (bicyclic) bond motifs is 1. The first-order valence-electron chi connectivity index (χ1n) is 6.62. The maximum absolute atomic E-state index is 11.1. The largest absolute Gasteiger partial charge is 0.481 e. The summed E-state index contributed by atoms with van der Waals surface area (Å²) in [6.45, 7) is 0. The Labute approximate surface area is 121 Å². The minimum absolute atomic E-state index is 0.266. The van der Waals surface area contributed by atoms with Crippen molar-refractivity contribution >= 4 is 17.7 Å². The van der Waals surface area contributed by atoms with Crippen LogP contribution in [0.4, 0.5) is 0 Å². The molecule has 0 amide bonds. The Kier molecular flexibility index (Phi) is 3.53. The lowest BCUT2D eigenvalue weighted by Gasteiger charge is -2.16. The molecule has 0 saturated heterocycles. The maximum Gasteiger partial charge on any atom is 0.306 e. The van der Waals surface area contributed by atoms with Gasteiger partial charge in [-0.05, 0) is 49.3 Å². The average Bonchev–Trinajstić information content (AvgIpc) is 2.90. The summed E-state index contributed by atoms with van der Waals surface area (Å²) in [5.74, 6) is -0.967. The van der Waals surface area contributed by atoms with Crippen molar-refractivity contribution in [1.82, 2.24) is 9.78 Å². The van der Waals surface area contributed by atoms with Crippen molar-refractivity contribution in [3.8, 4) is 5.69 Å². The van der Waals surface area contributed by atoms with Gasteiger partial charge in [-0.3, -0.25) is 4.79 Å². The number of nitrogens with zero attached hydrogens (tertiary/aromatic N) is 2. The van der Waals surface area contributed by atoms with E-state index in [9.17, 15) is 4.79 Å². The fourth-order valence-corrected chi connectivity index (χ4v) is 3.05. The highest BCUT2D eigenvalue weighted by molar-refractivity contribution is 7.98. The molecule has 104 valence electrons. The molecule has 1 aromatic carbocycles. The zero-order valence-electron chi connectivity index (χ0n) is 11.2. The molecule has 2 aromatic rings. The normalized spacial score (nSPS) is 17.8. The molecule has 5 heteroatoms.